The van der Waals surface area contributed by atoms with Crippen molar-refractivity contribution >= 4 is 60.4 Å². The van der Waals surface area contributed by atoms with E-state index in [0.717, 1.165) is 23.2 Å². The Morgan fingerprint density at radius 3 is 1.94 bits per heavy atom. The summed E-state index contributed by atoms with van der Waals surface area (Å²) in [6.45, 7) is 0. The van der Waals surface area contributed by atoms with E-state index in [1.807, 2.05) is 0 Å². The van der Waals surface area contributed by atoms with Crippen LogP contribution in [-0.4, -0.2) is 4.57 Å². The topological polar surface area (TPSA) is 8.17 Å². The van der Waals surface area contributed by atoms with Crippen molar-refractivity contribution in [1.82, 2.24) is 4.57 Å². The molecule has 0 aliphatic heterocycles. The Bertz CT molecular complexity index is 2650. The van der Waals surface area contributed by atoms with Crippen molar-refractivity contribution in [3.8, 4) is 5.69 Å². The van der Waals surface area contributed by atoms with Crippen LogP contribution in [0.25, 0.3) is 49.0 Å². The first-order valence-electron chi connectivity index (χ1n) is 18.6. The van der Waals surface area contributed by atoms with Crippen LogP contribution in [0.5, 0.6) is 0 Å². The van der Waals surface area contributed by atoms with E-state index in [9.17, 15) is 0 Å². The highest BCUT2D eigenvalue weighted by Crippen LogP contribution is 2.84. The van der Waals surface area contributed by atoms with Crippen LogP contribution < -0.4 is 4.90 Å². The van der Waals surface area contributed by atoms with Crippen LogP contribution in [-0.2, 0) is 5.41 Å². The summed E-state index contributed by atoms with van der Waals surface area (Å²) in [4.78, 5) is 2.48. The first-order chi connectivity index (χ1) is 24.7. The number of fused-ring (bicyclic) bond motifs is 7. The first kappa shape index (κ1) is 27.5. The molecule has 7 aromatic carbocycles. The van der Waals surface area contributed by atoms with Crippen molar-refractivity contribution in [1.29, 1.82) is 0 Å². The van der Waals surface area contributed by atoms with Crippen molar-refractivity contribution in [3.63, 3.8) is 0 Å². The number of hydrogen-bond donors (Lipinski definition) is 0. The molecule has 1 spiro atoms. The van der Waals surface area contributed by atoms with Crippen LogP contribution >= 0.6 is 0 Å². The Morgan fingerprint density at radius 2 is 1.16 bits per heavy atom. The molecule has 4 saturated carbocycles. The lowest BCUT2D eigenvalue weighted by Crippen LogP contribution is -2.59. The molecular weight excluding hydrogens is 605 g/mol. The molecule has 8 aromatic rings. The summed E-state index contributed by atoms with van der Waals surface area (Å²) in [5.41, 5.74) is 9.92. The van der Waals surface area contributed by atoms with Gasteiger partial charge in [-0.25, -0.2) is 0 Å². The predicted molar refractivity (Wildman–Crippen MR) is 208 cm³/mol. The van der Waals surface area contributed by atoms with Gasteiger partial charge in [0.25, 0.3) is 0 Å². The molecule has 12 rings (SSSR count). The fraction of sp³-hybridized carbons (Fsp3) is 0.208. The fourth-order valence-electron chi connectivity index (χ4n) is 11.9. The van der Waals surface area contributed by atoms with Crippen molar-refractivity contribution < 1.29 is 0 Å². The minimum atomic E-state index is 0.408. The molecule has 2 heteroatoms. The van der Waals surface area contributed by atoms with E-state index < -0.39 is 0 Å². The summed E-state index contributed by atoms with van der Waals surface area (Å²) in [6.07, 6.45) is 7.30. The predicted octanol–water partition coefficient (Wildman–Crippen LogP) is 12.6. The number of anilines is 3. The summed E-state index contributed by atoms with van der Waals surface area (Å²) in [6, 6.07) is 56.8. The maximum absolute atomic E-state index is 2.50. The monoisotopic (exact) mass is 642 g/mol. The molecule has 0 radical (unpaired) electrons. The first-order valence-corrected chi connectivity index (χ1v) is 18.6. The molecule has 0 amide bonds. The molecule has 2 bridgehead atoms. The zero-order valence-electron chi connectivity index (χ0n) is 28.1. The average molecular weight is 643 g/mol. The largest absolute Gasteiger partial charge is 0.310 e. The molecular formula is C48H38N2. The summed E-state index contributed by atoms with van der Waals surface area (Å²) >= 11 is 0. The zero-order chi connectivity index (χ0) is 32.6. The van der Waals surface area contributed by atoms with Gasteiger partial charge < -0.3 is 9.47 Å². The van der Waals surface area contributed by atoms with E-state index in [0.29, 0.717) is 5.41 Å². The van der Waals surface area contributed by atoms with Crippen LogP contribution in [0.4, 0.5) is 17.1 Å². The van der Waals surface area contributed by atoms with E-state index in [-0.39, 0.29) is 0 Å². The number of aromatic nitrogens is 1. The molecule has 2 nitrogen and oxygen atoms in total. The molecule has 1 aromatic heterocycles. The number of nitrogens with zero attached hydrogens (tertiary/aromatic N) is 2. The second kappa shape index (κ2) is 9.67. The van der Waals surface area contributed by atoms with Gasteiger partial charge in [-0.05, 0) is 142 Å². The summed E-state index contributed by atoms with van der Waals surface area (Å²) in [5.74, 6) is 3.03. The van der Waals surface area contributed by atoms with Gasteiger partial charge in [0.15, 0.2) is 0 Å². The third-order valence-electron chi connectivity index (χ3n) is 14.0. The Hall–Kier alpha value is -5.34. The minimum absolute atomic E-state index is 0.408. The van der Waals surface area contributed by atoms with Gasteiger partial charge in [0.1, 0.15) is 0 Å². The van der Waals surface area contributed by atoms with E-state index in [4.69, 9.17) is 0 Å². The minimum Gasteiger partial charge on any atom is -0.310 e. The van der Waals surface area contributed by atoms with E-state index in [1.54, 1.807) is 5.56 Å². The highest BCUT2D eigenvalue weighted by atomic mass is 15.1. The standard InChI is InChI=1S/C48H38N2/c1-2-11-38(12-3-1)50-44-23-15-32-9-6-7-13-42(32)46(44)43-22-21-41(27-45(43)50)49(40-18-14-31-8-4-5-10-33(31)24-40)39-19-16-34(17-20-39)47-28-36-25-35-26-37(29-47)48(35,36)30-47/h1-24,27,35-37H,25-26,28-30H2. The van der Waals surface area contributed by atoms with E-state index in [2.05, 4.69) is 161 Å². The third-order valence-corrected chi connectivity index (χ3v) is 14.0. The van der Waals surface area contributed by atoms with Crippen molar-refractivity contribution in [2.45, 2.75) is 37.5 Å². The lowest BCUT2D eigenvalue weighted by atomic mass is 9.38. The van der Waals surface area contributed by atoms with Crippen LogP contribution in [0.15, 0.2) is 152 Å². The quantitative estimate of drug-likeness (QED) is 0.181. The molecule has 4 aliphatic rings. The van der Waals surface area contributed by atoms with Crippen molar-refractivity contribution in [3.05, 3.63) is 157 Å². The third kappa shape index (κ3) is 3.49. The molecule has 2 unspecified atom stereocenters. The molecule has 50 heavy (non-hydrogen) atoms. The second-order valence-electron chi connectivity index (χ2n) is 16.0. The maximum atomic E-state index is 2.50. The van der Waals surface area contributed by atoms with Crippen LogP contribution in [0.3, 0.4) is 0 Å². The summed E-state index contributed by atoms with van der Waals surface area (Å²) < 4.78 is 2.46. The molecule has 1 heterocycles. The van der Waals surface area contributed by atoms with E-state index in [1.165, 1.54) is 98.2 Å². The Labute approximate surface area is 292 Å². The molecule has 2 atom stereocenters. The maximum Gasteiger partial charge on any atom is 0.0562 e. The highest BCUT2D eigenvalue weighted by Gasteiger charge is 2.77. The summed E-state index contributed by atoms with van der Waals surface area (Å²) in [5, 5.41) is 7.68. The number of rotatable bonds is 5. The Morgan fingerprint density at radius 1 is 0.500 bits per heavy atom. The number of hydrogen-bond acceptors (Lipinski definition) is 1. The van der Waals surface area contributed by atoms with Crippen LogP contribution in [0, 0.1) is 23.2 Å². The smallest absolute Gasteiger partial charge is 0.0562 e. The summed E-state index contributed by atoms with van der Waals surface area (Å²) in [7, 11) is 0. The van der Waals surface area contributed by atoms with Crippen molar-refractivity contribution in [2.24, 2.45) is 23.2 Å². The van der Waals surface area contributed by atoms with Gasteiger partial charge in [-0.15, -0.1) is 0 Å². The lowest BCUT2D eigenvalue weighted by molar-refractivity contribution is -0.175. The van der Waals surface area contributed by atoms with Gasteiger partial charge in [-0.3, -0.25) is 0 Å². The number of para-hydroxylation sites is 1. The zero-order valence-corrected chi connectivity index (χ0v) is 28.1. The number of benzene rings is 7. The Kier molecular flexibility index (Phi) is 5.31. The van der Waals surface area contributed by atoms with Gasteiger partial charge >= 0.3 is 0 Å². The molecule has 0 saturated heterocycles. The fourth-order valence-corrected chi connectivity index (χ4v) is 11.9. The molecule has 4 aliphatic carbocycles. The SMILES string of the molecule is c1ccc(-n2c3cc(N(c4ccc(C56CC7CC8CC(C5)C87C6)cc4)c4ccc5ccccc5c4)ccc3c3c4ccccc4ccc32)cc1. The van der Waals surface area contributed by atoms with E-state index >= 15 is 0 Å². The molecule has 4 fully saturated rings. The normalized spacial score (nSPS) is 26.0. The second-order valence-corrected chi connectivity index (χ2v) is 16.0. The van der Waals surface area contributed by atoms with Crippen LogP contribution in [0.1, 0.15) is 37.7 Å². The van der Waals surface area contributed by atoms with Gasteiger partial charge in [0.05, 0.1) is 11.0 Å². The molecule has 240 valence electrons. The van der Waals surface area contributed by atoms with Gasteiger partial charge in [0, 0.05) is 33.5 Å². The van der Waals surface area contributed by atoms with Crippen LogP contribution in [0.2, 0.25) is 0 Å². The highest BCUT2D eigenvalue weighted by molar-refractivity contribution is 6.21. The van der Waals surface area contributed by atoms with Gasteiger partial charge in [0.2, 0.25) is 0 Å². The van der Waals surface area contributed by atoms with Gasteiger partial charge in [-0.2, -0.15) is 0 Å². The molecule has 0 N–H and O–H groups in total. The Balaban J connectivity index is 1.06. The lowest BCUT2D eigenvalue weighted by Gasteiger charge is -2.66. The average Bonchev–Trinajstić information content (AvgIpc) is 3.78. The van der Waals surface area contributed by atoms with Gasteiger partial charge in [-0.1, -0.05) is 97.1 Å². The van der Waals surface area contributed by atoms with Crippen molar-refractivity contribution in [2.75, 3.05) is 4.90 Å².